The van der Waals surface area contributed by atoms with Gasteiger partial charge in [0.1, 0.15) is 11.2 Å². The highest BCUT2D eigenvalue weighted by Crippen LogP contribution is 2.56. The minimum atomic E-state index is -0.207. The molecule has 5 nitrogen and oxygen atoms in total. The normalized spacial score (nSPS) is 14.3. The summed E-state index contributed by atoms with van der Waals surface area (Å²) in [6, 6.07) is 69.0. The summed E-state index contributed by atoms with van der Waals surface area (Å²) >= 11 is 0. The summed E-state index contributed by atoms with van der Waals surface area (Å²) in [5.74, 6) is 0. The standard InChI is InChI=1S/C84H83BN4O/c1-79(2,3)49-28-35-65-59(38-49)60-39-50(80(4,5)6)29-36-66(60)87(65)56-33-34-63-68(47-56)86(55-31-26-48(27-32-55)57-23-21-25-74-75(57)58-22-19-20-24-73(58)90-74)69-43-54(84(16,17)18)44-70-76(69)85(63)64-42-53(83(13,14)15)46-72-78(64)89(70)71-45-52(82(10,11)12)41-62-61-40-51(81(7,8)9)30-37-67(61)88(72)77(62)71/h19-47H,1-18H3. The van der Waals surface area contributed by atoms with Gasteiger partial charge in [0.15, 0.2) is 0 Å². The van der Waals surface area contributed by atoms with Crippen molar-refractivity contribution in [3.05, 3.63) is 209 Å². The van der Waals surface area contributed by atoms with Crippen molar-refractivity contribution in [3.8, 4) is 22.5 Å². The highest BCUT2D eigenvalue weighted by molar-refractivity contribution is 7.00. The molecule has 0 aliphatic carbocycles. The Labute approximate surface area is 532 Å². The Hall–Kier alpha value is -8.74. The first-order valence-electron chi connectivity index (χ1n) is 32.8. The third-order valence-corrected chi connectivity index (χ3v) is 20.5. The first kappa shape index (κ1) is 56.5. The summed E-state index contributed by atoms with van der Waals surface area (Å²) in [7, 11) is 0. The molecule has 6 heterocycles. The highest BCUT2D eigenvalue weighted by atomic mass is 16.3. The molecular weight excluding hydrogens is 1090 g/mol. The Morgan fingerprint density at radius 1 is 0.322 bits per heavy atom. The van der Waals surface area contributed by atoms with Crippen molar-refractivity contribution in [1.82, 2.24) is 9.13 Å². The van der Waals surface area contributed by atoms with Crippen LogP contribution >= 0.6 is 0 Å². The summed E-state index contributed by atoms with van der Waals surface area (Å²) in [5, 5.41) is 7.46. The van der Waals surface area contributed by atoms with Gasteiger partial charge in [0.25, 0.3) is 6.71 Å². The zero-order valence-electron chi connectivity index (χ0n) is 56.0. The quantitative estimate of drug-likeness (QED) is 0.165. The Balaban J connectivity index is 1.03. The molecule has 0 unspecified atom stereocenters. The van der Waals surface area contributed by atoms with Crippen molar-refractivity contribution in [2.75, 3.05) is 9.80 Å². The van der Waals surface area contributed by atoms with Gasteiger partial charge in [-0.3, -0.25) is 0 Å². The van der Waals surface area contributed by atoms with E-state index >= 15 is 0 Å². The number of nitrogens with zero attached hydrogens (tertiary/aromatic N) is 4. The van der Waals surface area contributed by atoms with E-state index in [-0.39, 0.29) is 39.2 Å². The molecule has 3 aromatic heterocycles. The Bertz CT molecular complexity index is 5180. The zero-order valence-corrected chi connectivity index (χ0v) is 56.0. The fraction of sp³-hybridized carbons (Fsp3) is 0.286. The third-order valence-electron chi connectivity index (χ3n) is 20.5. The predicted octanol–water partition coefficient (Wildman–Crippen LogP) is 21.6. The number of hydrogen-bond acceptors (Lipinski definition) is 3. The van der Waals surface area contributed by atoms with Crippen LogP contribution in [0, 0.1) is 0 Å². The summed E-state index contributed by atoms with van der Waals surface area (Å²) in [6.45, 7) is 42.4. The molecule has 0 bridgehead atoms. The van der Waals surface area contributed by atoms with Gasteiger partial charge in [-0.15, -0.1) is 0 Å². The van der Waals surface area contributed by atoms with Crippen molar-refractivity contribution < 1.29 is 4.42 Å². The van der Waals surface area contributed by atoms with Crippen LogP contribution < -0.4 is 26.2 Å². The average molecular weight is 1180 g/mol. The van der Waals surface area contributed by atoms with Gasteiger partial charge in [-0.05, 0) is 197 Å². The molecule has 3 aliphatic rings. The number of benzene rings is 10. The molecule has 90 heavy (non-hydrogen) atoms. The molecule has 0 radical (unpaired) electrons. The lowest BCUT2D eigenvalue weighted by Gasteiger charge is -2.47. The van der Waals surface area contributed by atoms with Crippen LogP contribution in [0.2, 0.25) is 0 Å². The van der Waals surface area contributed by atoms with Crippen molar-refractivity contribution in [3.63, 3.8) is 0 Å². The Morgan fingerprint density at radius 3 is 1.39 bits per heavy atom. The van der Waals surface area contributed by atoms with Crippen LogP contribution in [0.15, 0.2) is 180 Å². The molecule has 16 rings (SSSR count). The number of furan rings is 1. The zero-order chi connectivity index (χ0) is 63.0. The molecular formula is C84H83BN4O. The molecule has 0 atom stereocenters. The molecule has 3 aliphatic heterocycles. The SMILES string of the molecule is CC(C)(C)c1cc2c3c(c1)N1c4c(cc(C(C)(C)C)cc4-n4c5ccc(C(C)(C)C)cc5c5cc(C(C)(C)C)cc1c54)B3c1ccc(-n3c4ccc(C(C)(C)C)cc4c4cc(C(C)(C)C)ccc43)cc1N2c1ccc(-c2cccc3oc4ccccc4c23)cc1. The summed E-state index contributed by atoms with van der Waals surface area (Å²) in [5.41, 5.74) is 30.1. The average Bonchev–Trinajstić information content (AvgIpc) is 1.15. The number of rotatable bonds is 3. The fourth-order valence-corrected chi connectivity index (χ4v) is 15.3. The van der Waals surface area contributed by atoms with Gasteiger partial charge in [0, 0.05) is 60.8 Å². The maximum Gasteiger partial charge on any atom is 0.252 e. The third kappa shape index (κ3) is 8.27. The van der Waals surface area contributed by atoms with Crippen molar-refractivity contribution in [2.45, 2.75) is 157 Å². The van der Waals surface area contributed by atoms with Crippen LogP contribution in [0.4, 0.5) is 34.1 Å². The molecule has 0 spiro atoms. The molecule has 0 N–H and O–H groups in total. The Morgan fingerprint density at radius 2 is 0.800 bits per heavy atom. The van der Waals surface area contributed by atoms with Gasteiger partial charge in [0.2, 0.25) is 0 Å². The van der Waals surface area contributed by atoms with Gasteiger partial charge in [-0.2, -0.15) is 0 Å². The molecule has 0 amide bonds. The first-order chi connectivity index (χ1) is 42.4. The Kier molecular flexibility index (Phi) is 11.6. The summed E-state index contributed by atoms with van der Waals surface area (Å²) in [6.07, 6.45) is 0. The highest BCUT2D eigenvalue weighted by Gasteiger charge is 2.48. The van der Waals surface area contributed by atoms with Crippen molar-refractivity contribution in [1.29, 1.82) is 0 Å². The van der Waals surface area contributed by atoms with Gasteiger partial charge in [-0.1, -0.05) is 197 Å². The van der Waals surface area contributed by atoms with E-state index < -0.39 is 0 Å². The van der Waals surface area contributed by atoms with E-state index in [1.54, 1.807) is 0 Å². The minimum Gasteiger partial charge on any atom is -0.456 e. The van der Waals surface area contributed by atoms with E-state index in [0.29, 0.717) is 0 Å². The van der Waals surface area contributed by atoms with Crippen LogP contribution in [0.5, 0.6) is 0 Å². The molecule has 448 valence electrons. The molecule has 0 saturated carbocycles. The molecule has 0 fully saturated rings. The predicted molar refractivity (Wildman–Crippen MR) is 388 cm³/mol. The second-order valence-corrected chi connectivity index (χ2v) is 32.8. The topological polar surface area (TPSA) is 29.5 Å². The van der Waals surface area contributed by atoms with E-state index in [1.165, 1.54) is 128 Å². The number of fused-ring (bicyclic) bond motifs is 15. The smallest absolute Gasteiger partial charge is 0.252 e. The number of hydrogen-bond donors (Lipinski definition) is 0. The molecule has 10 aromatic carbocycles. The number of para-hydroxylation sites is 1. The van der Waals surface area contributed by atoms with E-state index in [1.807, 2.05) is 0 Å². The number of anilines is 6. The lowest BCUT2D eigenvalue weighted by Crippen LogP contribution is -2.62. The van der Waals surface area contributed by atoms with Crippen LogP contribution in [-0.2, 0) is 32.5 Å². The van der Waals surface area contributed by atoms with Gasteiger partial charge >= 0.3 is 0 Å². The van der Waals surface area contributed by atoms with Crippen molar-refractivity contribution >= 4 is 123 Å². The maximum atomic E-state index is 6.48. The second kappa shape index (κ2) is 18.5. The maximum absolute atomic E-state index is 6.48. The summed E-state index contributed by atoms with van der Waals surface area (Å²) in [4.78, 5) is 5.37. The van der Waals surface area contributed by atoms with Crippen LogP contribution in [-0.4, -0.2) is 15.8 Å². The molecule has 13 aromatic rings. The second-order valence-electron chi connectivity index (χ2n) is 32.8. The number of aromatic nitrogens is 2. The van der Waals surface area contributed by atoms with Crippen LogP contribution in [0.25, 0.3) is 88.1 Å². The van der Waals surface area contributed by atoms with E-state index in [9.17, 15) is 0 Å². The first-order valence-corrected chi connectivity index (χ1v) is 32.8. The molecule has 0 saturated heterocycles. The van der Waals surface area contributed by atoms with Crippen molar-refractivity contribution in [2.24, 2.45) is 0 Å². The largest absolute Gasteiger partial charge is 0.456 e. The fourth-order valence-electron chi connectivity index (χ4n) is 15.3. The molecule has 6 heteroatoms. The van der Waals surface area contributed by atoms with Crippen LogP contribution in [0.1, 0.15) is 158 Å². The monoisotopic (exact) mass is 1170 g/mol. The van der Waals surface area contributed by atoms with E-state index in [2.05, 4.69) is 319 Å². The van der Waals surface area contributed by atoms with E-state index in [0.717, 1.165) is 44.4 Å². The van der Waals surface area contributed by atoms with Gasteiger partial charge in [-0.25, -0.2) is 0 Å². The van der Waals surface area contributed by atoms with Crippen LogP contribution in [0.3, 0.4) is 0 Å². The lowest BCUT2D eigenvalue weighted by molar-refractivity contribution is 0.589. The minimum absolute atomic E-state index is 0.0185. The summed E-state index contributed by atoms with van der Waals surface area (Å²) < 4.78 is 11.7. The van der Waals surface area contributed by atoms with E-state index in [4.69, 9.17) is 4.42 Å². The lowest BCUT2D eigenvalue weighted by atomic mass is 9.33. The van der Waals surface area contributed by atoms with Gasteiger partial charge < -0.3 is 23.4 Å². The van der Waals surface area contributed by atoms with Gasteiger partial charge in [0.05, 0.1) is 39.1 Å².